The zero-order valence-corrected chi connectivity index (χ0v) is 16.6. The summed E-state index contributed by atoms with van der Waals surface area (Å²) in [6.45, 7) is 11.5. The van der Waals surface area contributed by atoms with E-state index in [1.54, 1.807) is 21.5 Å². The molecule has 144 valence electrons. The van der Waals surface area contributed by atoms with E-state index in [1.165, 1.54) is 0 Å². The maximum atomic E-state index is 13.1. The molecule has 0 atom stereocenters. The van der Waals surface area contributed by atoms with E-state index in [9.17, 15) is 4.79 Å². The maximum absolute atomic E-state index is 13.1. The third-order valence-corrected chi connectivity index (χ3v) is 5.08. The molecular formula is C22H25N5O. The molecule has 0 spiro atoms. The van der Waals surface area contributed by atoms with Gasteiger partial charge in [0.2, 0.25) is 0 Å². The van der Waals surface area contributed by atoms with Gasteiger partial charge in [-0.15, -0.1) is 0 Å². The van der Waals surface area contributed by atoms with Crippen molar-refractivity contribution in [1.82, 2.24) is 23.7 Å². The minimum atomic E-state index is -0.113. The van der Waals surface area contributed by atoms with Crippen molar-refractivity contribution in [1.29, 1.82) is 0 Å². The zero-order chi connectivity index (χ0) is 19.8. The number of imidazole rings is 2. The highest BCUT2D eigenvalue weighted by Gasteiger charge is 2.17. The normalized spacial score (nSPS) is 11.7. The van der Waals surface area contributed by atoms with Gasteiger partial charge in [0, 0.05) is 18.4 Å². The van der Waals surface area contributed by atoms with Gasteiger partial charge in [0.15, 0.2) is 0 Å². The second kappa shape index (κ2) is 7.11. The van der Waals surface area contributed by atoms with Crippen LogP contribution in [0.1, 0.15) is 33.0 Å². The number of fused-ring (bicyclic) bond motifs is 2. The average Bonchev–Trinajstić information content (AvgIpc) is 3.15. The average molecular weight is 375 g/mol. The van der Waals surface area contributed by atoms with Crippen LogP contribution in [0.4, 0.5) is 0 Å². The standard InChI is InChI=1S/C22H25N5O/c1-15(2)10-12-25-18-8-6-5-7-17(18)24-21(25)14-26-20-13-23-11-9-19(20)27(16(3)4)22(26)28/h5-9,11,13,15H,3,10,12,14H2,1-2,4H3. The summed E-state index contributed by atoms with van der Waals surface area (Å²) in [5.41, 5.74) is 4.24. The number of aryl methyl sites for hydroxylation is 1. The summed E-state index contributed by atoms with van der Waals surface area (Å²) in [4.78, 5) is 22.2. The Morgan fingerprint density at radius 3 is 2.64 bits per heavy atom. The van der Waals surface area contributed by atoms with Gasteiger partial charge in [-0.3, -0.25) is 14.1 Å². The van der Waals surface area contributed by atoms with Crippen molar-refractivity contribution in [2.24, 2.45) is 5.92 Å². The molecule has 3 aromatic heterocycles. The topological polar surface area (TPSA) is 57.6 Å². The molecule has 0 saturated carbocycles. The van der Waals surface area contributed by atoms with Crippen LogP contribution < -0.4 is 5.69 Å². The van der Waals surface area contributed by atoms with Crippen LogP contribution in [0.15, 0.2) is 54.1 Å². The molecule has 6 heteroatoms. The maximum Gasteiger partial charge on any atom is 0.333 e. The summed E-state index contributed by atoms with van der Waals surface area (Å²) in [5.74, 6) is 1.47. The van der Waals surface area contributed by atoms with E-state index >= 15 is 0 Å². The molecule has 0 amide bonds. The molecule has 0 aliphatic heterocycles. The Balaban J connectivity index is 1.87. The molecule has 1 aromatic carbocycles. The molecule has 0 fully saturated rings. The van der Waals surface area contributed by atoms with Crippen molar-refractivity contribution in [2.75, 3.05) is 0 Å². The minimum absolute atomic E-state index is 0.113. The first-order chi connectivity index (χ1) is 13.5. The summed E-state index contributed by atoms with van der Waals surface area (Å²) in [7, 11) is 0. The highest BCUT2D eigenvalue weighted by atomic mass is 16.1. The van der Waals surface area contributed by atoms with E-state index in [-0.39, 0.29) is 5.69 Å². The zero-order valence-electron chi connectivity index (χ0n) is 16.6. The van der Waals surface area contributed by atoms with Gasteiger partial charge in [-0.25, -0.2) is 9.78 Å². The Labute approximate surface area is 163 Å². The van der Waals surface area contributed by atoms with E-state index in [1.807, 2.05) is 31.2 Å². The number of nitrogens with zero attached hydrogens (tertiary/aromatic N) is 5. The molecule has 0 saturated heterocycles. The van der Waals surface area contributed by atoms with Crippen LogP contribution in [0, 0.1) is 5.92 Å². The Morgan fingerprint density at radius 1 is 1.11 bits per heavy atom. The largest absolute Gasteiger partial charge is 0.333 e. The molecule has 0 unspecified atom stereocenters. The van der Waals surface area contributed by atoms with Crippen molar-refractivity contribution in [2.45, 2.75) is 40.3 Å². The quantitative estimate of drug-likeness (QED) is 0.509. The third kappa shape index (κ3) is 3.05. The highest BCUT2D eigenvalue weighted by Crippen LogP contribution is 2.21. The lowest BCUT2D eigenvalue weighted by atomic mass is 10.1. The van der Waals surface area contributed by atoms with Crippen molar-refractivity contribution in [3.05, 3.63) is 65.6 Å². The van der Waals surface area contributed by atoms with Crippen LogP contribution >= 0.6 is 0 Å². The van der Waals surface area contributed by atoms with Crippen molar-refractivity contribution < 1.29 is 0 Å². The van der Waals surface area contributed by atoms with Gasteiger partial charge in [0.25, 0.3) is 0 Å². The summed E-state index contributed by atoms with van der Waals surface area (Å²) in [6.07, 6.45) is 4.48. The van der Waals surface area contributed by atoms with Gasteiger partial charge in [-0.2, -0.15) is 0 Å². The smallest absolute Gasteiger partial charge is 0.326 e. The summed E-state index contributed by atoms with van der Waals surface area (Å²) < 4.78 is 5.62. The van der Waals surface area contributed by atoms with E-state index in [4.69, 9.17) is 4.98 Å². The lowest BCUT2D eigenvalue weighted by Gasteiger charge is -2.11. The van der Waals surface area contributed by atoms with Crippen molar-refractivity contribution in [3.63, 3.8) is 0 Å². The van der Waals surface area contributed by atoms with E-state index in [0.29, 0.717) is 18.2 Å². The van der Waals surface area contributed by atoms with Gasteiger partial charge in [-0.1, -0.05) is 32.6 Å². The highest BCUT2D eigenvalue weighted by molar-refractivity contribution is 5.79. The number of hydrogen-bond donors (Lipinski definition) is 0. The van der Waals surface area contributed by atoms with Crippen molar-refractivity contribution in [3.8, 4) is 0 Å². The monoisotopic (exact) mass is 375 g/mol. The first kappa shape index (κ1) is 18.2. The number of pyridine rings is 1. The molecule has 0 aliphatic carbocycles. The Morgan fingerprint density at radius 2 is 1.89 bits per heavy atom. The van der Waals surface area contributed by atoms with E-state index in [2.05, 4.69) is 36.0 Å². The lowest BCUT2D eigenvalue weighted by Crippen LogP contribution is -2.25. The first-order valence-electron chi connectivity index (χ1n) is 9.62. The van der Waals surface area contributed by atoms with Gasteiger partial charge < -0.3 is 4.57 Å². The molecule has 0 radical (unpaired) electrons. The number of rotatable bonds is 6. The number of allylic oxidation sites excluding steroid dienone is 1. The fourth-order valence-corrected chi connectivity index (χ4v) is 3.65. The molecular weight excluding hydrogens is 350 g/mol. The third-order valence-electron chi connectivity index (χ3n) is 5.08. The number of benzene rings is 1. The summed E-state index contributed by atoms with van der Waals surface area (Å²) in [6, 6.07) is 9.99. The van der Waals surface area contributed by atoms with Gasteiger partial charge in [-0.05, 0) is 37.5 Å². The fourth-order valence-electron chi connectivity index (χ4n) is 3.65. The van der Waals surface area contributed by atoms with Crippen LogP contribution in [0.2, 0.25) is 0 Å². The predicted octanol–water partition coefficient (Wildman–Crippen LogP) is 4.13. The van der Waals surface area contributed by atoms with Crippen LogP contribution in [-0.2, 0) is 13.1 Å². The molecule has 6 nitrogen and oxygen atoms in total. The Hall–Kier alpha value is -3.15. The lowest BCUT2D eigenvalue weighted by molar-refractivity contribution is 0.507. The van der Waals surface area contributed by atoms with E-state index in [0.717, 1.165) is 40.9 Å². The van der Waals surface area contributed by atoms with E-state index < -0.39 is 0 Å². The van der Waals surface area contributed by atoms with Gasteiger partial charge in [0.05, 0.1) is 34.8 Å². The Bertz CT molecular complexity index is 1220. The summed E-state index contributed by atoms with van der Waals surface area (Å²) in [5, 5.41) is 0. The number of para-hydroxylation sites is 2. The fraction of sp³-hybridized carbons (Fsp3) is 0.318. The molecule has 3 heterocycles. The summed E-state index contributed by atoms with van der Waals surface area (Å²) >= 11 is 0. The second-order valence-electron chi connectivity index (χ2n) is 7.65. The molecule has 0 N–H and O–H groups in total. The Kier molecular flexibility index (Phi) is 4.63. The van der Waals surface area contributed by atoms with Gasteiger partial charge in [0.1, 0.15) is 5.82 Å². The molecule has 0 aliphatic rings. The molecule has 0 bridgehead atoms. The van der Waals surface area contributed by atoms with Crippen LogP contribution in [0.5, 0.6) is 0 Å². The molecule has 4 aromatic rings. The molecule has 4 rings (SSSR count). The van der Waals surface area contributed by atoms with Crippen LogP contribution in [0.25, 0.3) is 27.8 Å². The second-order valence-corrected chi connectivity index (χ2v) is 7.65. The number of aromatic nitrogens is 5. The van der Waals surface area contributed by atoms with Crippen LogP contribution in [0.3, 0.4) is 0 Å². The molecule has 28 heavy (non-hydrogen) atoms. The van der Waals surface area contributed by atoms with Crippen molar-refractivity contribution >= 4 is 27.8 Å². The minimum Gasteiger partial charge on any atom is -0.326 e. The first-order valence-corrected chi connectivity index (χ1v) is 9.62. The predicted molar refractivity (Wildman–Crippen MR) is 113 cm³/mol. The SMILES string of the molecule is C=C(C)n1c(=O)n(Cc2nc3ccccc3n2CCC(C)C)c2cnccc21. The van der Waals surface area contributed by atoms with Gasteiger partial charge >= 0.3 is 5.69 Å². The van der Waals surface area contributed by atoms with Crippen LogP contribution in [-0.4, -0.2) is 23.7 Å². The number of hydrogen-bond acceptors (Lipinski definition) is 3.